The Labute approximate surface area is 127 Å². The van der Waals surface area contributed by atoms with Crippen molar-refractivity contribution in [3.05, 3.63) is 53.7 Å². The zero-order valence-corrected chi connectivity index (χ0v) is 11.9. The molecule has 0 spiro atoms. The van der Waals surface area contributed by atoms with Crippen LogP contribution in [0.3, 0.4) is 0 Å². The number of esters is 1. The van der Waals surface area contributed by atoms with Crippen LogP contribution in [0.4, 0.5) is 5.69 Å². The monoisotopic (exact) mass is 298 g/mol. The van der Waals surface area contributed by atoms with E-state index in [1.165, 1.54) is 7.11 Å². The number of anilines is 1. The van der Waals surface area contributed by atoms with E-state index in [1.807, 2.05) is 12.1 Å². The first kappa shape index (κ1) is 14.1. The van der Waals surface area contributed by atoms with E-state index in [0.717, 1.165) is 5.56 Å². The third-order valence-electron chi connectivity index (χ3n) is 3.41. The van der Waals surface area contributed by atoms with Crippen LogP contribution in [0.25, 0.3) is 0 Å². The summed E-state index contributed by atoms with van der Waals surface area (Å²) in [4.78, 5) is 28.3. The Morgan fingerprint density at radius 2 is 2.14 bits per heavy atom. The Morgan fingerprint density at radius 3 is 2.95 bits per heavy atom. The topological polar surface area (TPSA) is 77.5 Å². The highest BCUT2D eigenvalue weighted by atomic mass is 16.5. The number of benzene rings is 1. The van der Waals surface area contributed by atoms with Crippen LogP contribution in [0.15, 0.2) is 42.6 Å². The molecule has 1 aliphatic heterocycles. The van der Waals surface area contributed by atoms with E-state index in [0.29, 0.717) is 23.6 Å². The maximum Gasteiger partial charge on any atom is 0.339 e. The maximum atomic E-state index is 12.3. The molecule has 0 saturated heterocycles. The van der Waals surface area contributed by atoms with Gasteiger partial charge in [0, 0.05) is 12.6 Å². The molecule has 6 nitrogen and oxygen atoms in total. The number of cyclic esters (lactones) is 1. The lowest BCUT2D eigenvalue weighted by molar-refractivity contribution is -0.125. The number of amides is 1. The molecule has 0 unspecified atom stereocenters. The van der Waals surface area contributed by atoms with Crippen LogP contribution < -0.4 is 10.1 Å². The van der Waals surface area contributed by atoms with Gasteiger partial charge in [0.05, 0.1) is 12.7 Å². The zero-order chi connectivity index (χ0) is 15.5. The highest BCUT2D eigenvalue weighted by Crippen LogP contribution is 2.24. The van der Waals surface area contributed by atoms with Crippen molar-refractivity contribution in [3.63, 3.8) is 0 Å². The summed E-state index contributed by atoms with van der Waals surface area (Å²) >= 11 is 0. The third kappa shape index (κ3) is 2.63. The van der Waals surface area contributed by atoms with Crippen molar-refractivity contribution < 1.29 is 19.1 Å². The van der Waals surface area contributed by atoms with Crippen LogP contribution in [0.2, 0.25) is 0 Å². The Bertz CT molecular complexity index is 730. The van der Waals surface area contributed by atoms with Crippen molar-refractivity contribution in [1.29, 1.82) is 0 Å². The number of carbonyl (C=O) groups excluding carboxylic acids is 2. The quantitative estimate of drug-likeness (QED) is 0.874. The number of carbonyl (C=O) groups is 2. The van der Waals surface area contributed by atoms with E-state index in [1.54, 1.807) is 30.5 Å². The molecule has 0 aliphatic carbocycles. The average Bonchev–Trinajstić information content (AvgIpc) is 2.55. The van der Waals surface area contributed by atoms with Crippen LogP contribution in [-0.4, -0.2) is 30.1 Å². The van der Waals surface area contributed by atoms with Gasteiger partial charge >= 0.3 is 5.97 Å². The lowest BCUT2D eigenvalue weighted by atomic mass is 9.98. The number of hydrogen-bond acceptors (Lipinski definition) is 5. The Kier molecular flexibility index (Phi) is 3.74. The molecule has 1 atom stereocenters. The first-order chi connectivity index (χ1) is 10.7. The lowest BCUT2D eigenvalue weighted by Gasteiger charge is -2.23. The zero-order valence-electron chi connectivity index (χ0n) is 11.9. The molecule has 0 saturated carbocycles. The summed E-state index contributed by atoms with van der Waals surface area (Å²) in [6.45, 7) is 0. The molecule has 1 aromatic heterocycles. The number of methoxy groups -OCH3 is 1. The van der Waals surface area contributed by atoms with Gasteiger partial charge in [-0.25, -0.2) is 9.78 Å². The van der Waals surface area contributed by atoms with Gasteiger partial charge in [-0.1, -0.05) is 18.2 Å². The molecule has 1 N–H and O–H groups in total. The van der Waals surface area contributed by atoms with Crippen LogP contribution in [0.1, 0.15) is 15.9 Å². The second-order valence-electron chi connectivity index (χ2n) is 4.80. The SMILES string of the molecule is COc1ncccc1NC(=O)[C@H]1Cc2ccccc2C(=O)O1. The van der Waals surface area contributed by atoms with Gasteiger partial charge in [0.25, 0.3) is 5.91 Å². The third-order valence-corrected chi connectivity index (χ3v) is 3.41. The van der Waals surface area contributed by atoms with Gasteiger partial charge in [-0.15, -0.1) is 0 Å². The van der Waals surface area contributed by atoms with Crippen LogP contribution in [-0.2, 0) is 16.0 Å². The number of nitrogens with one attached hydrogen (secondary N) is 1. The van der Waals surface area contributed by atoms with Gasteiger partial charge in [0.2, 0.25) is 5.88 Å². The highest BCUT2D eigenvalue weighted by molar-refractivity contribution is 6.00. The first-order valence-electron chi connectivity index (χ1n) is 6.78. The van der Waals surface area contributed by atoms with Gasteiger partial charge in [-0.2, -0.15) is 0 Å². The fourth-order valence-electron chi connectivity index (χ4n) is 2.34. The van der Waals surface area contributed by atoms with Gasteiger partial charge in [-0.3, -0.25) is 4.79 Å². The van der Waals surface area contributed by atoms with E-state index >= 15 is 0 Å². The molecular weight excluding hydrogens is 284 g/mol. The van der Waals surface area contributed by atoms with Crippen molar-refractivity contribution in [2.24, 2.45) is 0 Å². The Hall–Kier alpha value is -2.89. The fourth-order valence-corrected chi connectivity index (χ4v) is 2.34. The number of fused-ring (bicyclic) bond motifs is 1. The van der Waals surface area contributed by atoms with E-state index in [2.05, 4.69) is 10.3 Å². The van der Waals surface area contributed by atoms with Crippen molar-refractivity contribution in [2.75, 3.05) is 12.4 Å². The molecule has 1 aromatic carbocycles. The smallest absolute Gasteiger partial charge is 0.339 e. The summed E-state index contributed by atoms with van der Waals surface area (Å²) < 4.78 is 10.3. The molecule has 22 heavy (non-hydrogen) atoms. The van der Waals surface area contributed by atoms with E-state index in [-0.39, 0.29) is 0 Å². The standard InChI is InChI=1S/C16H14N2O4/c1-21-15-12(7-4-8-17-15)18-14(19)13-9-10-5-2-3-6-11(10)16(20)22-13/h2-8,13H,9H2,1H3,(H,18,19)/t13-/m1/s1. The molecule has 0 bridgehead atoms. The first-order valence-corrected chi connectivity index (χ1v) is 6.78. The molecule has 3 rings (SSSR count). The predicted molar refractivity (Wildman–Crippen MR) is 78.8 cm³/mol. The summed E-state index contributed by atoms with van der Waals surface area (Å²) in [6, 6.07) is 10.5. The normalized spacial score (nSPS) is 16.4. The van der Waals surface area contributed by atoms with Crippen molar-refractivity contribution in [2.45, 2.75) is 12.5 Å². The predicted octanol–water partition coefficient (Wildman–Crippen LogP) is 1.81. The van der Waals surface area contributed by atoms with Crippen molar-refractivity contribution in [1.82, 2.24) is 4.98 Å². The van der Waals surface area contributed by atoms with E-state index < -0.39 is 18.0 Å². The number of hydrogen-bond donors (Lipinski definition) is 1. The summed E-state index contributed by atoms with van der Waals surface area (Å²) in [6.07, 6.45) is 1.04. The van der Waals surface area contributed by atoms with Gasteiger partial charge in [-0.05, 0) is 23.8 Å². The minimum atomic E-state index is -0.868. The fraction of sp³-hybridized carbons (Fsp3) is 0.188. The van der Waals surface area contributed by atoms with E-state index in [4.69, 9.17) is 9.47 Å². The molecule has 0 radical (unpaired) electrons. The second kappa shape index (κ2) is 5.85. The largest absolute Gasteiger partial charge is 0.480 e. The van der Waals surface area contributed by atoms with Gasteiger partial charge < -0.3 is 14.8 Å². The summed E-state index contributed by atoms with van der Waals surface area (Å²) in [5.41, 5.74) is 1.74. The molecular formula is C16H14N2O4. The number of aromatic nitrogens is 1. The lowest BCUT2D eigenvalue weighted by Crippen LogP contribution is -2.38. The molecule has 2 heterocycles. The number of pyridine rings is 1. The molecule has 1 aliphatic rings. The molecule has 6 heteroatoms. The minimum absolute atomic E-state index is 0.304. The van der Waals surface area contributed by atoms with Gasteiger partial charge in [0.1, 0.15) is 5.69 Å². The van der Waals surface area contributed by atoms with Crippen LogP contribution in [0.5, 0.6) is 5.88 Å². The summed E-state index contributed by atoms with van der Waals surface area (Å²) in [7, 11) is 1.47. The molecule has 112 valence electrons. The Morgan fingerprint density at radius 1 is 1.32 bits per heavy atom. The highest BCUT2D eigenvalue weighted by Gasteiger charge is 2.31. The van der Waals surface area contributed by atoms with E-state index in [9.17, 15) is 9.59 Å². The van der Waals surface area contributed by atoms with Crippen LogP contribution >= 0.6 is 0 Å². The number of rotatable bonds is 3. The molecule has 1 amide bonds. The minimum Gasteiger partial charge on any atom is -0.480 e. The number of ether oxygens (including phenoxy) is 2. The average molecular weight is 298 g/mol. The van der Waals surface area contributed by atoms with Crippen molar-refractivity contribution in [3.8, 4) is 5.88 Å². The summed E-state index contributed by atoms with van der Waals surface area (Å²) in [5.74, 6) is -0.590. The second-order valence-corrected chi connectivity index (χ2v) is 4.80. The molecule has 2 aromatic rings. The number of nitrogens with zero attached hydrogens (tertiary/aromatic N) is 1. The summed E-state index contributed by atoms with van der Waals surface area (Å²) in [5, 5.41) is 2.68. The van der Waals surface area contributed by atoms with Crippen LogP contribution in [0, 0.1) is 0 Å². The molecule has 0 fully saturated rings. The Balaban J connectivity index is 1.78. The van der Waals surface area contributed by atoms with Crippen molar-refractivity contribution >= 4 is 17.6 Å². The van der Waals surface area contributed by atoms with Gasteiger partial charge in [0.15, 0.2) is 6.10 Å². The maximum absolute atomic E-state index is 12.3.